The molecule has 1 aromatic heterocycles. The number of benzene rings is 1. The highest BCUT2D eigenvalue weighted by Crippen LogP contribution is 2.29. The lowest BCUT2D eigenvalue weighted by Crippen LogP contribution is -2.23. The van der Waals surface area contributed by atoms with Crippen molar-refractivity contribution in [3.8, 4) is 5.88 Å². The van der Waals surface area contributed by atoms with Gasteiger partial charge in [0, 0.05) is 33.2 Å². The summed E-state index contributed by atoms with van der Waals surface area (Å²) < 4.78 is 7.28. The number of halogens is 2. The van der Waals surface area contributed by atoms with Crippen LogP contribution in [-0.2, 0) is 6.42 Å². The maximum atomic E-state index is 5.15. The van der Waals surface area contributed by atoms with E-state index >= 15 is 0 Å². The van der Waals surface area contributed by atoms with E-state index < -0.39 is 0 Å². The molecule has 0 saturated carbocycles. The molecule has 0 fully saturated rings. The average Bonchev–Trinajstić information content (AvgIpc) is 2.47. The molecule has 0 spiro atoms. The minimum absolute atomic E-state index is 0.178. The summed E-state index contributed by atoms with van der Waals surface area (Å²) in [6.07, 6.45) is 2.31. The van der Waals surface area contributed by atoms with Gasteiger partial charge in [-0.2, -0.15) is 0 Å². The highest BCUT2D eigenvalue weighted by Gasteiger charge is 2.15. The predicted octanol–water partition coefficient (Wildman–Crippen LogP) is 3.90. The van der Waals surface area contributed by atoms with Gasteiger partial charge in [0.1, 0.15) is 6.33 Å². The van der Waals surface area contributed by atoms with Gasteiger partial charge in [-0.05, 0) is 24.2 Å². The number of hydrogen-bond acceptors (Lipinski definition) is 4. The summed E-state index contributed by atoms with van der Waals surface area (Å²) >= 11 is 7.11. The Morgan fingerprint density at radius 2 is 2.05 bits per heavy atom. The zero-order valence-electron chi connectivity index (χ0n) is 11.9. The smallest absolute Gasteiger partial charge is 0.216 e. The van der Waals surface area contributed by atoms with Crippen molar-refractivity contribution in [3.63, 3.8) is 0 Å². The zero-order valence-corrected chi connectivity index (χ0v) is 15.1. The standard InChI is InChI=1S/C15H17Br2N3O/c1-3-18-14(12-5-4-10(16)6-13(12)17)7-11-8-15(21-2)20-9-19-11/h4-6,8-9,14,18H,3,7H2,1-2H3. The van der Waals surface area contributed by atoms with Crippen LogP contribution in [0.3, 0.4) is 0 Å². The van der Waals surface area contributed by atoms with E-state index in [2.05, 4.69) is 66.2 Å². The van der Waals surface area contributed by atoms with Gasteiger partial charge in [0.2, 0.25) is 5.88 Å². The van der Waals surface area contributed by atoms with Gasteiger partial charge in [0.15, 0.2) is 0 Å². The van der Waals surface area contributed by atoms with Crippen LogP contribution in [0.4, 0.5) is 0 Å². The first-order valence-corrected chi connectivity index (χ1v) is 8.26. The molecule has 4 nitrogen and oxygen atoms in total. The molecular formula is C15H17Br2N3O. The van der Waals surface area contributed by atoms with E-state index in [0.717, 1.165) is 27.6 Å². The first-order valence-electron chi connectivity index (χ1n) is 6.67. The molecule has 1 heterocycles. The third-order valence-corrected chi connectivity index (χ3v) is 4.29. The summed E-state index contributed by atoms with van der Waals surface area (Å²) in [6.45, 7) is 2.98. The number of rotatable bonds is 6. The van der Waals surface area contributed by atoms with Crippen molar-refractivity contribution in [2.45, 2.75) is 19.4 Å². The predicted molar refractivity (Wildman–Crippen MR) is 90.5 cm³/mol. The normalized spacial score (nSPS) is 12.2. The molecule has 112 valence electrons. The fourth-order valence-corrected chi connectivity index (χ4v) is 3.46. The van der Waals surface area contributed by atoms with Gasteiger partial charge in [-0.3, -0.25) is 0 Å². The number of nitrogens with zero attached hydrogens (tertiary/aromatic N) is 2. The maximum Gasteiger partial charge on any atom is 0.216 e. The summed E-state index contributed by atoms with van der Waals surface area (Å²) in [6, 6.07) is 8.26. The van der Waals surface area contributed by atoms with Crippen molar-refractivity contribution in [1.82, 2.24) is 15.3 Å². The van der Waals surface area contributed by atoms with Gasteiger partial charge in [-0.1, -0.05) is 44.8 Å². The van der Waals surface area contributed by atoms with Gasteiger partial charge in [-0.15, -0.1) is 0 Å². The van der Waals surface area contributed by atoms with E-state index in [1.165, 1.54) is 11.9 Å². The van der Waals surface area contributed by atoms with Crippen LogP contribution in [-0.4, -0.2) is 23.6 Å². The number of nitrogens with one attached hydrogen (secondary N) is 1. The van der Waals surface area contributed by atoms with Crippen molar-refractivity contribution in [1.29, 1.82) is 0 Å². The molecular weight excluding hydrogens is 398 g/mol. The number of hydrogen-bond donors (Lipinski definition) is 1. The summed E-state index contributed by atoms with van der Waals surface area (Å²) in [7, 11) is 1.61. The van der Waals surface area contributed by atoms with Crippen molar-refractivity contribution < 1.29 is 4.74 Å². The van der Waals surface area contributed by atoms with Crippen LogP contribution in [0.25, 0.3) is 0 Å². The lowest BCUT2D eigenvalue weighted by atomic mass is 10.0. The first-order chi connectivity index (χ1) is 10.1. The summed E-state index contributed by atoms with van der Waals surface area (Å²) in [4.78, 5) is 8.37. The quantitative estimate of drug-likeness (QED) is 0.778. The monoisotopic (exact) mass is 413 g/mol. The Morgan fingerprint density at radius 3 is 2.71 bits per heavy atom. The molecule has 0 bridgehead atoms. The fraction of sp³-hybridized carbons (Fsp3) is 0.333. The molecule has 1 unspecified atom stereocenters. The van der Waals surface area contributed by atoms with E-state index in [1.807, 2.05) is 12.1 Å². The molecule has 0 amide bonds. The lowest BCUT2D eigenvalue weighted by Gasteiger charge is -2.19. The van der Waals surface area contributed by atoms with Gasteiger partial charge in [-0.25, -0.2) is 9.97 Å². The van der Waals surface area contributed by atoms with E-state index in [4.69, 9.17) is 4.74 Å². The topological polar surface area (TPSA) is 47.0 Å². The van der Waals surface area contributed by atoms with Crippen molar-refractivity contribution >= 4 is 31.9 Å². The highest BCUT2D eigenvalue weighted by atomic mass is 79.9. The van der Waals surface area contributed by atoms with Crippen molar-refractivity contribution in [2.75, 3.05) is 13.7 Å². The Balaban J connectivity index is 2.26. The minimum Gasteiger partial charge on any atom is -0.481 e. The van der Waals surface area contributed by atoms with Crippen LogP contribution in [0.2, 0.25) is 0 Å². The fourth-order valence-electron chi connectivity index (χ4n) is 2.13. The molecule has 2 aromatic rings. The Bertz CT molecular complexity index is 607. The molecule has 0 radical (unpaired) electrons. The molecule has 1 atom stereocenters. The largest absolute Gasteiger partial charge is 0.481 e. The maximum absolute atomic E-state index is 5.15. The van der Waals surface area contributed by atoms with E-state index in [1.54, 1.807) is 7.11 Å². The van der Waals surface area contributed by atoms with Crippen molar-refractivity contribution in [2.24, 2.45) is 0 Å². The van der Waals surface area contributed by atoms with Crippen LogP contribution in [0, 0.1) is 0 Å². The molecule has 21 heavy (non-hydrogen) atoms. The van der Waals surface area contributed by atoms with Crippen LogP contribution in [0.1, 0.15) is 24.2 Å². The summed E-state index contributed by atoms with van der Waals surface area (Å²) in [5, 5.41) is 3.50. The van der Waals surface area contributed by atoms with E-state index in [0.29, 0.717) is 5.88 Å². The van der Waals surface area contributed by atoms with Gasteiger partial charge >= 0.3 is 0 Å². The van der Waals surface area contributed by atoms with Gasteiger partial charge in [0.05, 0.1) is 7.11 Å². The molecule has 2 rings (SSSR count). The zero-order chi connectivity index (χ0) is 15.2. The molecule has 0 aliphatic carbocycles. The molecule has 0 aliphatic rings. The van der Waals surface area contributed by atoms with Crippen molar-refractivity contribution in [3.05, 3.63) is 50.8 Å². The van der Waals surface area contributed by atoms with Crippen LogP contribution >= 0.6 is 31.9 Å². The number of aromatic nitrogens is 2. The van der Waals surface area contributed by atoms with Crippen LogP contribution in [0.15, 0.2) is 39.5 Å². The number of ether oxygens (including phenoxy) is 1. The lowest BCUT2D eigenvalue weighted by molar-refractivity contribution is 0.395. The van der Waals surface area contributed by atoms with Gasteiger partial charge in [0.25, 0.3) is 0 Å². The molecule has 0 aliphatic heterocycles. The minimum atomic E-state index is 0.178. The Labute approximate surface area is 141 Å². The average molecular weight is 415 g/mol. The number of methoxy groups -OCH3 is 1. The second kappa shape index (κ2) is 7.87. The third kappa shape index (κ3) is 4.49. The Morgan fingerprint density at radius 1 is 1.24 bits per heavy atom. The molecule has 1 N–H and O–H groups in total. The van der Waals surface area contributed by atoms with E-state index in [9.17, 15) is 0 Å². The summed E-state index contributed by atoms with van der Waals surface area (Å²) in [5.41, 5.74) is 2.15. The Kier molecular flexibility index (Phi) is 6.14. The number of likely N-dealkylation sites (N-methyl/N-ethyl adjacent to an activating group) is 1. The third-order valence-electron chi connectivity index (χ3n) is 3.11. The van der Waals surface area contributed by atoms with Crippen LogP contribution in [0.5, 0.6) is 5.88 Å². The molecule has 1 aromatic carbocycles. The summed E-state index contributed by atoms with van der Waals surface area (Å²) in [5.74, 6) is 0.588. The second-order valence-electron chi connectivity index (χ2n) is 4.53. The molecule has 6 heteroatoms. The highest BCUT2D eigenvalue weighted by molar-refractivity contribution is 9.11. The SMILES string of the molecule is CCNC(Cc1cc(OC)ncn1)c1ccc(Br)cc1Br. The van der Waals surface area contributed by atoms with Gasteiger partial charge < -0.3 is 10.1 Å². The van der Waals surface area contributed by atoms with E-state index in [-0.39, 0.29) is 6.04 Å². The second-order valence-corrected chi connectivity index (χ2v) is 6.30. The molecule has 0 saturated heterocycles. The van der Waals surface area contributed by atoms with Crippen LogP contribution < -0.4 is 10.1 Å². The Hall–Kier alpha value is -0.980. The first kappa shape index (κ1) is 16.4.